The van der Waals surface area contributed by atoms with Crippen molar-refractivity contribution in [1.29, 1.82) is 0 Å². The molecule has 32 heavy (non-hydrogen) atoms. The summed E-state index contributed by atoms with van der Waals surface area (Å²) in [6, 6.07) is 15.7. The lowest BCUT2D eigenvalue weighted by atomic mass is 10.1. The topological polar surface area (TPSA) is 86.0 Å². The van der Waals surface area contributed by atoms with Crippen LogP contribution in [-0.2, 0) is 17.9 Å². The number of halogens is 1. The molecule has 1 N–H and O–H groups in total. The summed E-state index contributed by atoms with van der Waals surface area (Å²) >= 11 is 5.94. The fourth-order valence-electron chi connectivity index (χ4n) is 3.53. The molecule has 0 fully saturated rings. The largest absolute Gasteiger partial charge is 0.332 e. The quantitative estimate of drug-likeness (QED) is 0.506. The Hall–Kier alpha value is -3.71. The van der Waals surface area contributed by atoms with Crippen LogP contribution in [-0.4, -0.2) is 20.0 Å². The first-order valence-electron chi connectivity index (χ1n) is 10.0. The molecule has 0 aliphatic heterocycles. The van der Waals surface area contributed by atoms with Crippen molar-refractivity contribution in [3.05, 3.63) is 103 Å². The average Bonchev–Trinajstić information content (AvgIpc) is 2.78. The van der Waals surface area contributed by atoms with Gasteiger partial charge in [-0.3, -0.25) is 18.7 Å². The number of carbonyl (C=O) groups is 1. The van der Waals surface area contributed by atoms with Crippen molar-refractivity contribution >= 4 is 34.2 Å². The molecule has 0 spiro atoms. The van der Waals surface area contributed by atoms with Crippen molar-refractivity contribution in [3.63, 3.8) is 0 Å². The molecule has 2 aromatic heterocycles. The third-order valence-electron chi connectivity index (χ3n) is 5.42. The minimum absolute atomic E-state index is 0.0416. The monoisotopic (exact) mass is 448 g/mol. The van der Waals surface area contributed by atoms with E-state index in [1.54, 1.807) is 36.4 Å². The second kappa shape index (κ2) is 8.80. The highest BCUT2D eigenvalue weighted by molar-refractivity contribution is 6.30. The van der Waals surface area contributed by atoms with Crippen molar-refractivity contribution < 1.29 is 4.79 Å². The normalized spacial score (nSPS) is 11.0. The molecular formula is C24H21ClN4O3. The molecule has 0 bridgehead atoms. The second-order valence-electron chi connectivity index (χ2n) is 7.55. The first kappa shape index (κ1) is 21.5. The Morgan fingerprint density at radius 1 is 1.00 bits per heavy atom. The molecule has 0 aliphatic rings. The number of hydrogen-bond acceptors (Lipinski definition) is 4. The van der Waals surface area contributed by atoms with Crippen LogP contribution in [0.5, 0.6) is 0 Å². The van der Waals surface area contributed by atoms with Crippen molar-refractivity contribution in [2.45, 2.75) is 26.9 Å². The fourth-order valence-corrected chi connectivity index (χ4v) is 3.65. The summed E-state index contributed by atoms with van der Waals surface area (Å²) in [6.45, 7) is 3.67. The van der Waals surface area contributed by atoms with E-state index in [0.717, 1.165) is 21.3 Å². The molecule has 4 rings (SSSR count). The summed E-state index contributed by atoms with van der Waals surface area (Å²) < 4.78 is 2.36. The molecule has 2 heterocycles. The Kier molecular flexibility index (Phi) is 5.92. The molecule has 2 aromatic carbocycles. The summed E-state index contributed by atoms with van der Waals surface area (Å²) in [5.41, 5.74) is 2.76. The highest BCUT2D eigenvalue weighted by Crippen LogP contribution is 2.18. The van der Waals surface area contributed by atoms with Crippen LogP contribution in [0.4, 0.5) is 5.69 Å². The van der Waals surface area contributed by atoms with Gasteiger partial charge < -0.3 is 5.32 Å². The molecule has 0 unspecified atom stereocenters. The zero-order valence-electron chi connectivity index (χ0n) is 17.6. The molecule has 0 saturated carbocycles. The maximum absolute atomic E-state index is 13.3. The molecule has 0 aliphatic carbocycles. The van der Waals surface area contributed by atoms with E-state index in [0.29, 0.717) is 16.2 Å². The Morgan fingerprint density at radius 3 is 2.50 bits per heavy atom. The molecule has 162 valence electrons. The standard InChI is InChI=1S/C24H21ClN4O3/c1-15-5-3-6-19(16(15)2)27-21(30)14-28-20-7-4-12-26-22(20)23(31)29(24(28)32)13-17-8-10-18(25)11-9-17/h3-12H,13-14H2,1-2H3,(H,27,30). The van der Waals surface area contributed by atoms with Crippen LogP contribution in [0.2, 0.25) is 5.02 Å². The number of amides is 1. The van der Waals surface area contributed by atoms with Gasteiger partial charge in [-0.15, -0.1) is 0 Å². The van der Waals surface area contributed by atoms with E-state index in [9.17, 15) is 14.4 Å². The van der Waals surface area contributed by atoms with Crippen LogP contribution < -0.4 is 16.6 Å². The lowest BCUT2D eigenvalue weighted by Gasteiger charge is -2.15. The number of aryl methyl sites for hydroxylation is 1. The van der Waals surface area contributed by atoms with Gasteiger partial charge in [-0.25, -0.2) is 9.78 Å². The molecule has 0 saturated heterocycles. The maximum atomic E-state index is 13.3. The number of aromatic nitrogens is 3. The molecule has 7 nitrogen and oxygen atoms in total. The SMILES string of the molecule is Cc1cccc(NC(=O)Cn2c(=O)n(Cc3ccc(Cl)cc3)c(=O)c3ncccc32)c1C. The van der Waals surface area contributed by atoms with Crippen molar-refractivity contribution in [3.8, 4) is 0 Å². The second-order valence-corrected chi connectivity index (χ2v) is 7.99. The first-order chi connectivity index (χ1) is 15.3. The Bertz CT molecular complexity index is 1440. The van der Waals surface area contributed by atoms with E-state index in [1.165, 1.54) is 10.8 Å². The van der Waals surface area contributed by atoms with E-state index < -0.39 is 11.2 Å². The van der Waals surface area contributed by atoms with Gasteiger partial charge in [0.15, 0.2) is 5.52 Å². The molecular weight excluding hydrogens is 428 g/mol. The smallest absolute Gasteiger partial charge is 0.324 e. The van der Waals surface area contributed by atoms with E-state index in [4.69, 9.17) is 11.6 Å². The van der Waals surface area contributed by atoms with Crippen LogP contribution in [0.1, 0.15) is 16.7 Å². The van der Waals surface area contributed by atoms with Gasteiger partial charge in [0.1, 0.15) is 6.54 Å². The third kappa shape index (κ3) is 4.20. The number of carbonyl (C=O) groups excluding carboxylic acids is 1. The summed E-state index contributed by atoms with van der Waals surface area (Å²) in [7, 11) is 0. The summed E-state index contributed by atoms with van der Waals surface area (Å²) in [6.07, 6.45) is 1.49. The highest BCUT2D eigenvalue weighted by Gasteiger charge is 2.17. The third-order valence-corrected chi connectivity index (χ3v) is 5.67. The van der Waals surface area contributed by atoms with Gasteiger partial charge >= 0.3 is 5.69 Å². The average molecular weight is 449 g/mol. The van der Waals surface area contributed by atoms with Gasteiger partial charge in [-0.05, 0) is 60.9 Å². The molecule has 8 heteroatoms. The Labute approximate surface area is 188 Å². The molecule has 0 radical (unpaired) electrons. The zero-order chi connectivity index (χ0) is 22.8. The van der Waals surface area contributed by atoms with Crippen LogP contribution in [0, 0.1) is 13.8 Å². The molecule has 4 aromatic rings. The number of anilines is 1. The predicted octanol–water partition coefficient (Wildman–Crippen LogP) is 3.52. The van der Waals surface area contributed by atoms with Crippen LogP contribution in [0.3, 0.4) is 0 Å². The van der Waals surface area contributed by atoms with Gasteiger partial charge in [0, 0.05) is 16.9 Å². The van der Waals surface area contributed by atoms with Crippen molar-refractivity contribution in [2.24, 2.45) is 0 Å². The van der Waals surface area contributed by atoms with Gasteiger partial charge in [-0.2, -0.15) is 0 Å². The zero-order valence-corrected chi connectivity index (χ0v) is 18.4. The van der Waals surface area contributed by atoms with Gasteiger partial charge in [0.05, 0.1) is 12.1 Å². The number of pyridine rings is 1. The lowest BCUT2D eigenvalue weighted by molar-refractivity contribution is -0.116. The first-order valence-corrected chi connectivity index (χ1v) is 10.4. The van der Waals surface area contributed by atoms with Crippen LogP contribution >= 0.6 is 11.6 Å². The van der Waals surface area contributed by atoms with E-state index >= 15 is 0 Å². The summed E-state index contributed by atoms with van der Waals surface area (Å²) in [5, 5.41) is 3.42. The summed E-state index contributed by atoms with van der Waals surface area (Å²) in [4.78, 5) is 43.3. The van der Waals surface area contributed by atoms with Gasteiger partial charge in [-0.1, -0.05) is 35.9 Å². The van der Waals surface area contributed by atoms with Crippen molar-refractivity contribution in [2.75, 3.05) is 5.32 Å². The number of benzene rings is 2. The Balaban J connectivity index is 1.75. The molecule has 1 amide bonds. The van der Waals surface area contributed by atoms with E-state index in [2.05, 4.69) is 10.3 Å². The fraction of sp³-hybridized carbons (Fsp3) is 0.167. The molecule has 0 atom stereocenters. The highest BCUT2D eigenvalue weighted by atomic mass is 35.5. The van der Waals surface area contributed by atoms with Crippen molar-refractivity contribution in [1.82, 2.24) is 14.1 Å². The van der Waals surface area contributed by atoms with Gasteiger partial charge in [0.25, 0.3) is 5.56 Å². The van der Waals surface area contributed by atoms with Crippen LogP contribution in [0.25, 0.3) is 11.0 Å². The predicted molar refractivity (Wildman–Crippen MR) is 125 cm³/mol. The van der Waals surface area contributed by atoms with Gasteiger partial charge in [0.2, 0.25) is 5.91 Å². The number of nitrogens with one attached hydrogen (secondary N) is 1. The summed E-state index contributed by atoms with van der Waals surface area (Å²) in [5.74, 6) is -0.373. The number of nitrogens with zero attached hydrogens (tertiary/aromatic N) is 3. The number of hydrogen-bond donors (Lipinski definition) is 1. The van der Waals surface area contributed by atoms with E-state index in [-0.39, 0.29) is 24.5 Å². The van der Waals surface area contributed by atoms with Crippen LogP contribution in [0.15, 0.2) is 70.4 Å². The minimum atomic E-state index is -0.582. The minimum Gasteiger partial charge on any atom is -0.324 e. The number of rotatable bonds is 5. The Morgan fingerprint density at radius 2 is 1.75 bits per heavy atom. The lowest BCUT2D eigenvalue weighted by Crippen LogP contribution is -2.42. The van der Waals surface area contributed by atoms with E-state index in [1.807, 2.05) is 32.0 Å². The maximum Gasteiger partial charge on any atom is 0.332 e. The number of fused-ring (bicyclic) bond motifs is 1.